The highest BCUT2D eigenvalue weighted by molar-refractivity contribution is 7.85. The summed E-state index contributed by atoms with van der Waals surface area (Å²) in [4.78, 5) is 4.60. The summed E-state index contributed by atoms with van der Waals surface area (Å²) in [5, 5.41) is 4.42. The number of fused-ring (bicyclic) bond motifs is 1. The van der Waals surface area contributed by atoms with Gasteiger partial charge in [-0.3, -0.25) is 4.21 Å². The van der Waals surface area contributed by atoms with Crippen LogP contribution in [0.5, 0.6) is 5.75 Å². The summed E-state index contributed by atoms with van der Waals surface area (Å²) in [6.45, 7) is 2.66. The SMILES string of the molecule is CCOc1ccc2nc(NC3CCS(=O)CC3)sc2c1. The summed E-state index contributed by atoms with van der Waals surface area (Å²) in [5.41, 5.74) is 1.00. The standard InChI is InChI=1S/C14H18N2O2S2/c1-2-18-11-3-4-12-13(9-11)19-14(16-12)15-10-5-7-20(17)8-6-10/h3-4,9-10H,2,5-8H2,1H3,(H,15,16). The fourth-order valence-corrected chi connectivity index (χ4v) is 4.61. The highest BCUT2D eigenvalue weighted by Crippen LogP contribution is 2.30. The average molecular weight is 310 g/mol. The van der Waals surface area contributed by atoms with E-state index < -0.39 is 10.8 Å². The van der Waals surface area contributed by atoms with Gasteiger partial charge < -0.3 is 10.1 Å². The topological polar surface area (TPSA) is 51.2 Å². The average Bonchev–Trinajstić information content (AvgIpc) is 2.83. The summed E-state index contributed by atoms with van der Waals surface area (Å²) in [6, 6.07) is 6.40. The Balaban J connectivity index is 1.73. The van der Waals surface area contributed by atoms with E-state index in [1.807, 2.05) is 25.1 Å². The lowest BCUT2D eigenvalue weighted by Gasteiger charge is -2.21. The Labute approximate surface area is 125 Å². The van der Waals surface area contributed by atoms with Crippen LogP contribution in [0.3, 0.4) is 0 Å². The summed E-state index contributed by atoms with van der Waals surface area (Å²) >= 11 is 1.65. The van der Waals surface area contributed by atoms with E-state index in [-0.39, 0.29) is 0 Å². The molecule has 0 amide bonds. The summed E-state index contributed by atoms with van der Waals surface area (Å²) < 4.78 is 18.0. The fourth-order valence-electron chi connectivity index (χ4n) is 2.34. The first-order valence-electron chi connectivity index (χ1n) is 6.89. The van der Waals surface area contributed by atoms with Gasteiger partial charge in [-0.1, -0.05) is 11.3 Å². The lowest BCUT2D eigenvalue weighted by molar-refractivity contribution is 0.341. The molecule has 1 aromatic heterocycles. The first-order valence-corrected chi connectivity index (χ1v) is 9.20. The van der Waals surface area contributed by atoms with Crippen LogP contribution >= 0.6 is 11.3 Å². The Morgan fingerprint density at radius 2 is 2.25 bits per heavy atom. The lowest BCUT2D eigenvalue weighted by Crippen LogP contribution is -2.29. The van der Waals surface area contributed by atoms with E-state index in [2.05, 4.69) is 10.3 Å². The highest BCUT2D eigenvalue weighted by atomic mass is 32.2. The molecule has 2 aromatic rings. The molecule has 1 aromatic carbocycles. The quantitative estimate of drug-likeness (QED) is 0.943. The molecule has 1 saturated heterocycles. The van der Waals surface area contributed by atoms with E-state index in [0.717, 1.165) is 45.4 Å². The Kier molecular flexibility index (Phi) is 4.21. The zero-order valence-electron chi connectivity index (χ0n) is 11.4. The molecule has 0 bridgehead atoms. The molecule has 1 aliphatic rings. The van der Waals surface area contributed by atoms with Crippen LogP contribution in [0.25, 0.3) is 10.2 Å². The van der Waals surface area contributed by atoms with Crippen LogP contribution in [0.4, 0.5) is 5.13 Å². The van der Waals surface area contributed by atoms with Gasteiger partial charge in [0.05, 0.1) is 16.8 Å². The minimum Gasteiger partial charge on any atom is -0.494 e. The van der Waals surface area contributed by atoms with Crippen molar-refractivity contribution in [1.29, 1.82) is 0 Å². The lowest BCUT2D eigenvalue weighted by atomic mass is 10.2. The van der Waals surface area contributed by atoms with E-state index in [1.165, 1.54) is 0 Å². The molecular formula is C14H18N2O2S2. The molecular weight excluding hydrogens is 292 g/mol. The number of hydrogen-bond donors (Lipinski definition) is 1. The molecule has 20 heavy (non-hydrogen) atoms. The number of aromatic nitrogens is 1. The predicted molar refractivity (Wildman–Crippen MR) is 85.3 cm³/mol. The second-order valence-electron chi connectivity index (χ2n) is 4.85. The second kappa shape index (κ2) is 6.10. The predicted octanol–water partition coefficient (Wildman–Crippen LogP) is 3.02. The minimum atomic E-state index is -0.613. The van der Waals surface area contributed by atoms with Gasteiger partial charge >= 0.3 is 0 Å². The molecule has 0 spiro atoms. The molecule has 3 rings (SSSR count). The third-order valence-electron chi connectivity index (χ3n) is 3.39. The van der Waals surface area contributed by atoms with Gasteiger partial charge in [-0.25, -0.2) is 4.98 Å². The van der Waals surface area contributed by atoms with Crippen molar-refractivity contribution in [3.05, 3.63) is 18.2 Å². The molecule has 0 aliphatic carbocycles. The normalized spacial score (nSPS) is 22.9. The van der Waals surface area contributed by atoms with Gasteiger partial charge in [0.25, 0.3) is 0 Å². The number of rotatable bonds is 4. The fraction of sp³-hybridized carbons (Fsp3) is 0.500. The molecule has 0 saturated carbocycles. The minimum absolute atomic E-state index is 0.402. The second-order valence-corrected chi connectivity index (χ2v) is 7.58. The summed E-state index contributed by atoms with van der Waals surface area (Å²) in [7, 11) is -0.613. The zero-order chi connectivity index (χ0) is 13.9. The van der Waals surface area contributed by atoms with E-state index in [9.17, 15) is 4.21 Å². The molecule has 0 radical (unpaired) electrons. The molecule has 0 atom stereocenters. The van der Waals surface area contributed by atoms with Gasteiger partial charge in [0.15, 0.2) is 5.13 Å². The molecule has 1 aliphatic heterocycles. The molecule has 2 heterocycles. The van der Waals surface area contributed by atoms with Crippen molar-refractivity contribution in [2.75, 3.05) is 23.4 Å². The maximum absolute atomic E-state index is 11.4. The number of hydrogen-bond acceptors (Lipinski definition) is 5. The van der Waals surface area contributed by atoms with Gasteiger partial charge in [0.2, 0.25) is 0 Å². The first-order chi connectivity index (χ1) is 9.74. The van der Waals surface area contributed by atoms with Crippen molar-refractivity contribution >= 4 is 37.5 Å². The van der Waals surface area contributed by atoms with Crippen LogP contribution in [0.2, 0.25) is 0 Å². The van der Waals surface area contributed by atoms with Gasteiger partial charge in [-0.2, -0.15) is 0 Å². The van der Waals surface area contributed by atoms with Crippen molar-refractivity contribution in [3.8, 4) is 5.75 Å². The van der Waals surface area contributed by atoms with Crippen LogP contribution < -0.4 is 10.1 Å². The van der Waals surface area contributed by atoms with Crippen LogP contribution in [0, 0.1) is 0 Å². The van der Waals surface area contributed by atoms with Gasteiger partial charge in [0, 0.05) is 28.3 Å². The number of nitrogens with zero attached hydrogens (tertiary/aromatic N) is 1. The molecule has 1 N–H and O–H groups in total. The number of ether oxygens (including phenoxy) is 1. The van der Waals surface area contributed by atoms with Crippen molar-refractivity contribution < 1.29 is 8.95 Å². The Bertz CT molecular complexity index is 617. The summed E-state index contributed by atoms with van der Waals surface area (Å²) in [6.07, 6.45) is 1.93. The number of benzene rings is 1. The highest BCUT2D eigenvalue weighted by Gasteiger charge is 2.18. The molecule has 6 heteroatoms. The van der Waals surface area contributed by atoms with E-state index >= 15 is 0 Å². The van der Waals surface area contributed by atoms with Crippen LogP contribution in [0.1, 0.15) is 19.8 Å². The Morgan fingerprint density at radius 1 is 1.45 bits per heavy atom. The largest absolute Gasteiger partial charge is 0.494 e. The van der Waals surface area contributed by atoms with Crippen LogP contribution in [0.15, 0.2) is 18.2 Å². The zero-order valence-corrected chi connectivity index (χ0v) is 13.1. The monoisotopic (exact) mass is 310 g/mol. The van der Waals surface area contributed by atoms with Crippen molar-refractivity contribution in [1.82, 2.24) is 4.98 Å². The molecule has 4 nitrogen and oxygen atoms in total. The summed E-state index contributed by atoms with van der Waals surface area (Å²) in [5.74, 6) is 2.50. The number of anilines is 1. The number of thiazole rings is 1. The van der Waals surface area contributed by atoms with Crippen LogP contribution in [-0.2, 0) is 10.8 Å². The third kappa shape index (κ3) is 3.12. The third-order valence-corrected chi connectivity index (χ3v) is 5.72. The van der Waals surface area contributed by atoms with E-state index in [0.29, 0.717) is 12.6 Å². The molecule has 1 fully saturated rings. The van der Waals surface area contributed by atoms with Crippen LogP contribution in [-0.4, -0.2) is 33.3 Å². The smallest absolute Gasteiger partial charge is 0.184 e. The van der Waals surface area contributed by atoms with Crippen molar-refractivity contribution in [2.45, 2.75) is 25.8 Å². The maximum atomic E-state index is 11.4. The van der Waals surface area contributed by atoms with E-state index in [1.54, 1.807) is 11.3 Å². The molecule has 0 unspecified atom stereocenters. The van der Waals surface area contributed by atoms with Crippen molar-refractivity contribution in [3.63, 3.8) is 0 Å². The maximum Gasteiger partial charge on any atom is 0.184 e. The Hall–Kier alpha value is -1.14. The van der Waals surface area contributed by atoms with Gasteiger partial charge in [-0.05, 0) is 38.0 Å². The van der Waals surface area contributed by atoms with Gasteiger partial charge in [0.1, 0.15) is 5.75 Å². The molecule has 108 valence electrons. The number of nitrogens with one attached hydrogen (secondary N) is 1. The first kappa shape index (κ1) is 13.8. The van der Waals surface area contributed by atoms with E-state index in [4.69, 9.17) is 4.74 Å². The Morgan fingerprint density at radius 3 is 3.00 bits per heavy atom. The van der Waals surface area contributed by atoms with Crippen molar-refractivity contribution in [2.24, 2.45) is 0 Å². The van der Waals surface area contributed by atoms with Gasteiger partial charge in [-0.15, -0.1) is 0 Å².